The highest BCUT2D eigenvalue weighted by Crippen LogP contribution is 2.27. The molecule has 0 radical (unpaired) electrons. The molecule has 1 amide bonds. The lowest BCUT2D eigenvalue weighted by molar-refractivity contribution is -0.138. The highest BCUT2D eigenvalue weighted by molar-refractivity contribution is 6.30. The van der Waals surface area contributed by atoms with Gasteiger partial charge >= 0.3 is 0 Å². The number of halogens is 1. The van der Waals surface area contributed by atoms with Gasteiger partial charge in [-0.25, -0.2) is 9.97 Å². The first-order chi connectivity index (χ1) is 12.8. The number of carbonyl (C=O) groups excluding carboxylic acids is 2. The maximum atomic E-state index is 12.6. The van der Waals surface area contributed by atoms with E-state index in [1.807, 2.05) is 18.7 Å². The molecule has 0 saturated carbocycles. The van der Waals surface area contributed by atoms with Gasteiger partial charge in [-0.3, -0.25) is 9.59 Å². The number of aromatic nitrogens is 2. The number of carbonyl (C=O) groups is 2. The van der Waals surface area contributed by atoms with Gasteiger partial charge in [0.05, 0.1) is 0 Å². The molecule has 1 saturated heterocycles. The fourth-order valence-corrected chi connectivity index (χ4v) is 4.04. The van der Waals surface area contributed by atoms with Crippen molar-refractivity contribution in [1.29, 1.82) is 0 Å². The summed E-state index contributed by atoms with van der Waals surface area (Å²) >= 11 is 6.20. The molecule has 0 aromatic carbocycles. The van der Waals surface area contributed by atoms with E-state index in [9.17, 15) is 9.59 Å². The summed E-state index contributed by atoms with van der Waals surface area (Å²) in [6.45, 7) is 7.13. The molecular weight excluding hydrogens is 364 g/mol. The minimum absolute atomic E-state index is 0.108. The van der Waals surface area contributed by atoms with Crippen LogP contribution in [0, 0.1) is 18.8 Å². The van der Waals surface area contributed by atoms with Gasteiger partial charge in [0.2, 0.25) is 5.91 Å². The van der Waals surface area contributed by atoms with E-state index in [2.05, 4.69) is 9.97 Å². The van der Waals surface area contributed by atoms with Crippen LogP contribution in [0.1, 0.15) is 63.8 Å². The Kier molecular flexibility index (Phi) is 8.02. The summed E-state index contributed by atoms with van der Waals surface area (Å²) in [5.74, 6) is 1.65. The molecule has 2 heterocycles. The summed E-state index contributed by atoms with van der Waals surface area (Å²) in [5.41, 5.74) is 6.80. The Labute approximate surface area is 166 Å². The number of nitrogens with zero attached hydrogens (tertiary/aromatic N) is 3. The zero-order valence-corrected chi connectivity index (χ0v) is 17.4. The van der Waals surface area contributed by atoms with Gasteiger partial charge in [-0.2, -0.15) is 0 Å². The first kappa shape index (κ1) is 21.6. The molecule has 1 aliphatic rings. The van der Waals surface area contributed by atoms with Crippen molar-refractivity contribution in [2.24, 2.45) is 11.8 Å². The quantitative estimate of drug-likeness (QED) is 0.680. The van der Waals surface area contributed by atoms with Crippen molar-refractivity contribution in [1.82, 2.24) is 14.9 Å². The molecule has 1 atom stereocenters. The Morgan fingerprint density at radius 3 is 2.56 bits per heavy atom. The summed E-state index contributed by atoms with van der Waals surface area (Å²) in [4.78, 5) is 34.6. The second-order valence-electron chi connectivity index (χ2n) is 7.63. The van der Waals surface area contributed by atoms with Gasteiger partial charge in [-0.15, -0.1) is 0 Å². The average molecular weight is 395 g/mol. The van der Waals surface area contributed by atoms with Gasteiger partial charge in [0.15, 0.2) is 0 Å². The summed E-state index contributed by atoms with van der Waals surface area (Å²) in [6, 6.07) is 0. The number of nitrogen functional groups attached to an aromatic ring is 1. The van der Waals surface area contributed by atoms with Crippen LogP contribution in [-0.4, -0.2) is 39.6 Å². The molecule has 0 bridgehead atoms. The van der Waals surface area contributed by atoms with Gasteiger partial charge in [0.1, 0.15) is 22.6 Å². The first-order valence-electron chi connectivity index (χ1n) is 9.90. The Balaban J connectivity index is 1.80. The van der Waals surface area contributed by atoms with E-state index < -0.39 is 0 Å². The number of hydrogen-bond acceptors (Lipinski definition) is 5. The first-order valence-corrected chi connectivity index (χ1v) is 10.3. The van der Waals surface area contributed by atoms with Crippen molar-refractivity contribution >= 4 is 29.1 Å². The summed E-state index contributed by atoms with van der Waals surface area (Å²) in [6.07, 6.45) is 5.41. The number of rotatable bonds is 8. The van der Waals surface area contributed by atoms with Crippen LogP contribution in [0.2, 0.25) is 5.15 Å². The molecule has 2 rings (SSSR count). The molecule has 1 fully saturated rings. The number of likely N-dealkylation sites (tertiary alicyclic amines) is 1. The van der Waals surface area contributed by atoms with E-state index in [4.69, 9.17) is 17.3 Å². The molecule has 0 spiro atoms. The van der Waals surface area contributed by atoms with Gasteiger partial charge < -0.3 is 10.6 Å². The number of anilines is 1. The lowest BCUT2D eigenvalue weighted by Crippen LogP contribution is -2.41. The molecule has 1 aromatic rings. The number of piperidine rings is 1. The highest BCUT2D eigenvalue weighted by atomic mass is 35.5. The van der Waals surface area contributed by atoms with E-state index in [1.165, 1.54) is 0 Å². The zero-order valence-electron chi connectivity index (χ0n) is 16.6. The standard InChI is InChI=1S/C20H31ClN4O2/c1-4-5-16(26)12-13(2)20(27)25-10-8-15(9-11-25)6-7-17-18(21)23-14(3)24-19(17)22/h13,15H,4-12H2,1-3H3,(H2,22,23,24)/t13-/m1/s1. The third-order valence-corrected chi connectivity index (χ3v) is 5.63. The molecule has 2 N–H and O–H groups in total. The molecule has 7 heteroatoms. The number of Topliss-reactive ketones (excluding diaryl/α,β-unsaturated/α-hetero) is 1. The van der Waals surface area contributed by atoms with Gasteiger partial charge in [0.25, 0.3) is 0 Å². The summed E-state index contributed by atoms with van der Waals surface area (Å²) in [7, 11) is 0. The molecule has 0 aliphatic carbocycles. The minimum atomic E-state index is -0.219. The van der Waals surface area contributed by atoms with E-state index >= 15 is 0 Å². The Morgan fingerprint density at radius 1 is 1.30 bits per heavy atom. The fourth-order valence-electron chi connectivity index (χ4n) is 3.73. The predicted molar refractivity (Wildman–Crippen MR) is 108 cm³/mol. The number of aryl methyl sites for hydroxylation is 1. The average Bonchev–Trinajstić information content (AvgIpc) is 2.60. The van der Waals surface area contributed by atoms with Crippen LogP contribution in [0.15, 0.2) is 0 Å². The molecule has 1 aromatic heterocycles. The fraction of sp³-hybridized carbons (Fsp3) is 0.700. The second-order valence-corrected chi connectivity index (χ2v) is 7.98. The van der Waals surface area contributed by atoms with Gasteiger partial charge in [0, 0.05) is 37.4 Å². The third-order valence-electron chi connectivity index (χ3n) is 5.31. The van der Waals surface area contributed by atoms with Crippen molar-refractivity contribution in [2.75, 3.05) is 18.8 Å². The molecule has 27 heavy (non-hydrogen) atoms. The Bertz CT molecular complexity index is 649. The zero-order chi connectivity index (χ0) is 20.0. The van der Waals surface area contributed by atoms with Crippen molar-refractivity contribution in [3.63, 3.8) is 0 Å². The van der Waals surface area contributed by atoms with Gasteiger partial charge in [-0.05, 0) is 44.9 Å². The highest BCUT2D eigenvalue weighted by Gasteiger charge is 2.27. The van der Waals surface area contributed by atoms with Crippen molar-refractivity contribution < 1.29 is 9.59 Å². The maximum absolute atomic E-state index is 12.6. The smallest absolute Gasteiger partial charge is 0.225 e. The van der Waals surface area contributed by atoms with Crippen molar-refractivity contribution in [3.8, 4) is 0 Å². The van der Waals surface area contributed by atoms with Crippen LogP contribution in [0.3, 0.4) is 0 Å². The number of amides is 1. The lowest BCUT2D eigenvalue weighted by Gasteiger charge is -2.33. The van der Waals surface area contributed by atoms with E-state index in [0.29, 0.717) is 35.6 Å². The summed E-state index contributed by atoms with van der Waals surface area (Å²) < 4.78 is 0. The summed E-state index contributed by atoms with van der Waals surface area (Å²) in [5, 5.41) is 0.443. The van der Waals surface area contributed by atoms with Crippen LogP contribution in [0.4, 0.5) is 5.82 Å². The molecule has 0 unspecified atom stereocenters. The van der Waals surface area contributed by atoms with E-state index in [-0.39, 0.29) is 17.6 Å². The monoisotopic (exact) mass is 394 g/mol. The van der Waals surface area contributed by atoms with Gasteiger partial charge in [-0.1, -0.05) is 25.4 Å². The molecule has 150 valence electrons. The van der Waals surface area contributed by atoms with Crippen molar-refractivity contribution in [2.45, 2.75) is 65.7 Å². The topological polar surface area (TPSA) is 89.2 Å². The molecular formula is C20H31ClN4O2. The van der Waals surface area contributed by atoms with Crippen LogP contribution < -0.4 is 5.73 Å². The SMILES string of the molecule is CCCC(=O)C[C@@H](C)C(=O)N1CCC(CCc2c(N)nc(C)nc2Cl)CC1. The maximum Gasteiger partial charge on any atom is 0.225 e. The van der Waals surface area contributed by atoms with Crippen LogP contribution in [-0.2, 0) is 16.0 Å². The Morgan fingerprint density at radius 2 is 1.96 bits per heavy atom. The largest absolute Gasteiger partial charge is 0.383 e. The van der Waals surface area contributed by atoms with Crippen LogP contribution in [0.25, 0.3) is 0 Å². The molecule has 1 aliphatic heterocycles. The third kappa shape index (κ3) is 6.16. The number of hydrogen-bond donors (Lipinski definition) is 1. The van der Waals surface area contributed by atoms with Crippen LogP contribution in [0.5, 0.6) is 0 Å². The normalized spacial score (nSPS) is 16.4. The number of nitrogens with two attached hydrogens (primary N) is 1. The number of ketones is 1. The lowest BCUT2D eigenvalue weighted by atomic mass is 9.90. The predicted octanol–water partition coefficient (Wildman–Crippen LogP) is 3.59. The minimum Gasteiger partial charge on any atom is -0.383 e. The van der Waals surface area contributed by atoms with E-state index in [0.717, 1.165) is 50.8 Å². The second kappa shape index (κ2) is 10.0. The van der Waals surface area contributed by atoms with Crippen LogP contribution >= 0.6 is 11.6 Å². The van der Waals surface area contributed by atoms with Crippen molar-refractivity contribution in [3.05, 3.63) is 16.5 Å². The van der Waals surface area contributed by atoms with E-state index in [1.54, 1.807) is 6.92 Å². The molecule has 6 nitrogen and oxygen atoms in total. The Hall–Kier alpha value is -1.69.